The molecule has 1 amide bonds. The number of amides is 1. The van der Waals surface area contributed by atoms with Crippen LogP contribution in [-0.4, -0.2) is 31.9 Å². The maximum Gasteiger partial charge on any atom is 0.226 e. The summed E-state index contributed by atoms with van der Waals surface area (Å²) >= 11 is 0. The number of nitrogens with zero attached hydrogens (tertiary/aromatic N) is 1. The van der Waals surface area contributed by atoms with Crippen molar-refractivity contribution in [3.8, 4) is 0 Å². The molecule has 2 rings (SSSR count). The zero-order valence-corrected chi connectivity index (χ0v) is 12.1. The van der Waals surface area contributed by atoms with Crippen molar-refractivity contribution in [2.45, 2.75) is 32.7 Å². The molecule has 0 bridgehead atoms. The Balaban J connectivity index is 2.32. The molecule has 1 aliphatic heterocycles. The summed E-state index contributed by atoms with van der Waals surface area (Å²) < 4.78 is 23.2. The van der Waals surface area contributed by atoms with Gasteiger partial charge in [-0.25, -0.2) is 8.42 Å². The predicted octanol–water partition coefficient (Wildman–Crippen LogP) is 1.93. The van der Waals surface area contributed by atoms with Gasteiger partial charge in [-0.05, 0) is 25.5 Å². The summed E-state index contributed by atoms with van der Waals surface area (Å²) in [4.78, 5) is 13.8. The van der Waals surface area contributed by atoms with Crippen LogP contribution in [0.1, 0.15) is 25.3 Å². The Hall–Kier alpha value is -1.36. The molecule has 1 atom stereocenters. The van der Waals surface area contributed by atoms with Gasteiger partial charge in [-0.3, -0.25) is 4.79 Å². The van der Waals surface area contributed by atoms with Gasteiger partial charge in [0.15, 0.2) is 9.84 Å². The van der Waals surface area contributed by atoms with Crippen LogP contribution in [0.2, 0.25) is 0 Å². The van der Waals surface area contributed by atoms with Gasteiger partial charge in [0, 0.05) is 12.1 Å². The molecule has 104 valence electrons. The quantitative estimate of drug-likeness (QED) is 0.850. The van der Waals surface area contributed by atoms with Crippen molar-refractivity contribution in [1.29, 1.82) is 0 Å². The van der Waals surface area contributed by atoms with Crippen molar-refractivity contribution in [3.05, 3.63) is 29.8 Å². The minimum atomic E-state index is -2.99. The first-order chi connectivity index (χ1) is 8.93. The third-order valence-electron chi connectivity index (χ3n) is 3.46. The molecule has 1 fully saturated rings. The van der Waals surface area contributed by atoms with E-state index in [0.717, 1.165) is 11.3 Å². The molecule has 19 heavy (non-hydrogen) atoms. The van der Waals surface area contributed by atoms with Crippen LogP contribution in [0, 0.1) is 6.92 Å². The smallest absolute Gasteiger partial charge is 0.226 e. The summed E-state index contributed by atoms with van der Waals surface area (Å²) in [7, 11) is -2.99. The number of carbonyl (C=O) groups is 1. The van der Waals surface area contributed by atoms with E-state index in [1.807, 2.05) is 31.2 Å². The number of benzene rings is 1. The van der Waals surface area contributed by atoms with E-state index in [0.29, 0.717) is 12.8 Å². The van der Waals surface area contributed by atoms with Gasteiger partial charge in [0.25, 0.3) is 0 Å². The highest BCUT2D eigenvalue weighted by Crippen LogP contribution is 2.25. The highest BCUT2D eigenvalue weighted by atomic mass is 32.2. The number of carbonyl (C=O) groups excluding carboxylic acids is 1. The van der Waals surface area contributed by atoms with Gasteiger partial charge >= 0.3 is 0 Å². The molecule has 1 heterocycles. The fourth-order valence-corrected chi connectivity index (χ4v) is 4.11. The third kappa shape index (κ3) is 3.15. The molecule has 0 radical (unpaired) electrons. The van der Waals surface area contributed by atoms with E-state index < -0.39 is 9.84 Å². The topological polar surface area (TPSA) is 54.5 Å². The Morgan fingerprint density at radius 3 is 2.42 bits per heavy atom. The number of hydrogen-bond donors (Lipinski definition) is 0. The van der Waals surface area contributed by atoms with Crippen molar-refractivity contribution in [3.63, 3.8) is 0 Å². The molecular weight excluding hydrogens is 262 g/mol. The van der Waals surface area contributed by atoms with Gasteiger partial charge in [0.2, 0.25) is 5.91 Å². The molecule has 0 N–H and O–H groups in total. The van der Waals surface area contributed by atoms with Crippen LogP contribution in [0.4, 0.5) is 5.69 Å². The zero-order valence-electron chi connectivity index (χ0n) is 11.3. The number of rotatable bonds is 3. The second kappa shape index (κ2) is 5.33. The molecule has 4 nitrogen and oxygen atoms in total. The Kier molecular flexibility index (Phi) is 3.94. The molecule has 1 aromatic carbocycles. The first kappa shape index (κ1) is 14.1. The largest absolute Gasteiger partial charge is 0.308 e. The van der Waals surface area contributed by atoms with Crippen molar-refractivity contribution in [2.24, 2.45) is 0 Å². The van der Waals surface area contributed by atoms with Crippen molar-refractivity contribution in [2.75, 3.05) is 16.4 Å². The monoisotopic (exact) mass is 281 g/mol. The summed E-state index contributed by atoms with van der Waals surface area (Å²) in [5, 5.41) is 0. The van der Waals surface area contributed by atoms with E-state index in [1.165, 1.54) is 0 Å². The summed E-state index contributed by atoms with van der Waals surface area (Å²) in [6.07, 6.45) is 0.909. The first-order valence-electron chi connectivity index (χ1n) is 6.52. The Bertz CT molecular complexity index is 563. The van der Waals surface area contributed by atoms with E-state index >= 15 is 0 Å². The van der Waals surface area contributed by atoms with Crippen molar-refractivity contribution >= 4 is 21.4 Å². The molecular formula is C14H19NO3S. The zero-order chi connectivity index (χ0) is 14.0. The Morgan fingerprint density at radius 2 is 1.95 bits per heavy atom. The summed E-state index contributed by atoms with van der Waals surface area (Å²) in [5.74, 6) is 0.231. The lowest BCUT2D eigenvalue weighted by Crippen LogP contribution is -2.41. The molecule has 1 aliphatic rings. The lowest BCUT2D eigenvalue weighted by atomic mass is 10.1. The fourth-order valence-electron chi connectivity index (χ4n) is 2.41. The maximum absolute atomic E-state index is 12.1. The average molecular weight is 281 g/mol. The second-order valence-corrected chi connectivity index (χ2v) is 7.24. The van der Waals surface area contributed by atoms with Gasteiger partial charge in [-0.15, -0.1) is 0 Å². The van der Waals surface area contributed by atoms with Gasteiger partial charge < -0.3 is 4.90 Å². The van der Waals surface area contributed by atoms with Crippen molar-refractivity contribution in [1.82, 2.24) is 0 Å². The SMILES string of the molecule is CCC(=O)N(c1ccc(C)cc1)C1CCS(=O)(=O)C1. The standard InChI is InChI=1S/C14H19NO3S/c1-3-14(16)15(12-6-4-11(2)5-7-12)13-8-9-19(17,18)10-13/h4-7,13H,3,8-10H2,1-2H3. The van der Waals surface area contributed by atoms with Crippen LogP contribution in [-0.2, 0) is 14.6 Å². The second-order valence-electron chi connectivity index (χ2n) is 5.01. The van der Waals surface area contributed by atoms with E-state index in [4.69, 9.17) is 0 Å². The fraction of sp³-hybridized carbons (Fsp3) is 0.500. The normalized spacial score (nSPS) is 21.3. The molecule has 0 spiro atoms. The maximum atomic E-state index is 12.1. The van der Waals surface area contributed by atoms with Gasteiger partial charge in [-0.2, -0.15) is 0 Å². The van der Waals surface area contributed by atoms with E-state index in [1.54, 1.807) is 11.8 Å². The third-order valence-corrected chi connectivity index (χ3v) is 5.21. The number of sulfone groups is 1. The Labute approximate surface area is 114 Å². The summed E-state index contributed by atoms with van der Waals surface area (Å²) in [6, 6.07) is 7.42. The predicted molar refractivity (Wildman–Crippen MR) is 76.0 cm³/mol. The van der Waals surface area contributed by atoms with E-state index in [9.17, 15) is 13.2 Å². The highest BCUT2D eigenvalue weighted by molar-refractivity contribution is 7.91. The van der Waals surface area contributed by atoms with Crippen LogP contribution in [0.25, 0.3) is 0 Å². The summed E-state index contributed by atoms with van der Waals surface area (Å²) in [6.45, 7) is 3.78. The minimum absolute atomic E-state index is 0.0223. The average Bonchev–Trinajstić information content (AvgIpc) is 2.72. The van der Waals surface area contributed by atoms with Crippen LogP contribution in [0.3, 0.4) is 0 Å². The van der Waals surface area contributed by atoms with Crippen LogP contribution < -0.4 is 4.90 Å². The minimum Gasteiger partial charge on any atom is -0.308 e. The highest BCUT2D eigenvalue weighted by Gasteiger charge is 2.34. The van der Waals surface area contributed by atoms with Crippen LogP contribution in [0.5, 0.6) is 0 Å². The van der Waals surface area contributed by atoms with Crippen molar-refractivity contribution < 1.29 is 13.2 Å². The van der Waals surface area contributed by atoms with Gasteiger partial charge in [0.05, 0.1) is 17.5 Å². The number of anilines is 1. The molecule has 0 saturated carbocycles. The molecule has 1 unspecified atom stereocenters. The molecule has 1 aromatic rings. The van der Waals surface area contributed by atoms with E-state index in [-0.39, 0.29) is 23.5 Å². The van der Waals surface area contributed by atoms with E-state index in [2.05, 4.69) is 0 Å². The lowest BCUT2D eigenvalue weighted by Gasteiger charge is -2.28. The number of hydrogen-bond acceptors (Lipinski definition) is 3. The van der Waals surface area contributed by atoms with Gasteiger partial charge in [-0.1, -0.05) is 24.6 Å². The molecule has 1 saturated heterocycles. The Morgan fingerprint density at radius 1 is 1.32 bits per heavy atom. The lowest BCUT2D eigenvalue weighted by molar-refractivity contribution is -0.118. The summed E-state index contributed by atoms with van der Waals surface area (Å²) in [5.41, 5.74) is 1.91. The van der Waals surface area contributed by atoms with Gasteiger partial charge in [0.1, 0.15) is 0 Å². The van der Waals surface area contributed by atoms with Crippen LogP contribution >= 0.6 is 0 Å². The van der Waals surface area contributed by atoms with Crippen LogP contribution in [0.15, 0.2) is 24.3 Å². The first-order valence-corrected chi connectivity index (χ1v) is 8.34. The molecule has 0 aliphatic carbocycles. The molecule has 5 heteroatoms. The molecule has 0 aromatic heterocycles. The number of aryl methyl sites for hydroxylation is 1.